The van der Waals surface area contributed by atoms with Gasteiger partial charge in [0.1, 0.15) is 18.0 Å². The van der Waals surface area contributed by atoms with Gasteiger partial charge in [0.05, 0.1) is 25.4 Å². The van der Waals surface area contributed by atoms with Crippen molar-refractivity contribution in [3.8, 4) is 5.75 Å². The maximum Gasteiger partial charge on any atom is 0.301 e. The normalized spacial score (nSPS) is 22.2. The molecule has 0 aromatic heterocycles. The number of benzene rings is 2. The van der Waals surface area contributed by atoms with E-state index in [0.29, 0.717) is 49.8 Å². The Balaban J connectivity index is 1.41. The third-order valence-electron chi connectivity index (χ3n) is 6.75. The van der Waals surface area contributed by atoms with Crippen molar-refractivity contribution in [3.63, 3.8) is 0 Å². The highest BCUT2D eigenvalue weighted by molar-refractivity contribution is 7.90. The fraction of sp³-hybridized carbons (Fsp3) is 0.500. The molecule has 0 saturated carbocycles. The van der Waals surface area contributed by atoms with Gasteiger partial charge >= 0.3 is 10.2 Å². The summed E-state index contributed by atoms with van der Waals surface area (Å²) in [6, 6.07) is 12.7. The molecular formula is C26H35N3O6S. The maximum absolute atomic E-state index is 13.2. The van der Waals surface area contributed by atoms with Gasteiger partial charge in [0.15, 0.2) is 0 Å². The molecule has 2 aromatic carbocycles. The molecule has 3 atom stereocenters. The van der Waals surface area contributed by atoms with Crippen LogP contribution in [0, 0.1) is 19.8 Å². The highest BCUT2D eigenvalue weighted by atomic mass is 32.2. The van der Waals surface area contributed by atoms with E-state index in [9.17, 15) is 13.2 Å². The smallest absolute Gasteiger partial charge is 0.301 e. The SMILES string of the molecule is COC1CN(C(=O)c2cc(C)ccc2C)CC1Oc1cccc(NS(=O)(=O)N(C)CC2CCOC2)c1. The quantitative estimate of drug-likeness (QED) is 0.550. The van der Waals surface area contributed by atoms with Crippen LogP contribution in [0.5, 0.6) is 5.75 Å². The summed E-state index contributed by atoms with van der Waals surface area (Å²) in [4.78, 5) is 14.9. The maximum atomic E-state index is 13.2. The molecule has 196 valence electrons. The van der Waals surface area contributed by atoms with Crippen LogP contribution in [0.3, 0.4) is 0 Å². The van der Waals surface area contributed by atoms with Crippen LogP contribution in [-0.4, -0.2) is 82.7 Å². The van der Waals surface area contributed by atoms with E-state index < -0.39 is 10.2 Å². The van der Waals surface area contributed by atoms with Gasteiger partial charge in [-0.3, -0.25) is 9.52 Å². The minimum Gasteiger partial charge on any atom is -0.486 e. The summed E-state index contributed by atoms with van der Waals surface area (Å²) >= 11 is 0. The Hall–Kier alpha value is -2.66. The highest BCUT2D eigenvalue weighted by Gasteiger charge is 2.38. The van der Waals surface area contributed by atoms with E-state index >= 15 is 0 Å². The predicted octanol–water partition coefficient (Wildman–Crippen LogP) is 2.85. The van der Waals surface area contributed by atoms with E-state index in [1.165, 1.54) is 4.31 Å². The molecule has 0 spiro atoms. The summed E-state index contributed by atoms with van der Waals surface area (Å²) in [6.07, 6.45) is 0.161. The van der Waals surface area contributed by atoms with Crippen LogP contribution >= 0.6 is 0 Å². The fourth-order valence-corrected chi connectivity index (χ4v) is 5.60. The van der Waals surface area contributed by atoms with Crippen LogP contribution in [0.4, 0.5) is 5.69 Å². The molecule has 2 aliphatic heterocycles. The Labute approximate surface area is 213 Å². The summed E-state index contributed by atoms with van der Waals surface area (Å²) in [5.41, 5.74) is 3.03. The number of nitrogens with one attached hydrogen (secondary N) is 1. The second kappa shape index (κ2) is 11.2. The second-order valence-electron chi connectivity index (χ2n) is 9.60. The molecule has 1 amide bonds. The first-order chi connectivity index (χ1) is 17.2. The molecule has 1 N–H and O–H groups in total. The Kier molecular flexibility index (Phi) is 8.19. The number of hydrogen-bond donors (Lipinski definition) is 1. The van der Waals surface area contributed by atoms with Crippen molar-refractivity contribution < 1.29 is 27.4 Å². The summed E-state index contributed by atoms with van der Waals surface area (Å²) in [5.74, 6) is 0.639. The third kappa shape index (κ3) is 6.18. The number of ether oxygens (including phenoxy) is 3. The van der Waals surface area contributed by atoms with E-state index in [0.717, 1.165) is 17.5 Å². The number of methoxy groups -OCH3 is 1. The van der Waals surface area contributed by atoms with Crippen LogP contribution < -0.4 is 9.46 Å². The molecule has 10 heteroatoms. The van der Waals surface area contributed by atoms with Crippen molar-refractivity contribution >= 4 is 21.8 Å². The molecule has 0 aliphatic carbocycles. The van der Waals surface area contributed by atoms with Gasteiger partial charge in [0.25, 0.3) is 5.91 Å². The molecule has 0 radical (unpaired) electrons. The Morgan fingerprint density at radius 3 is 2.67 bits per heavy atom. The Morgan fingerprint density at radius 2 is 1.94 bits per heavy atom. The Morgan fingerprint density at radius 1 is 1.17 bits per heavy atom. The number of amides is 1. The van der Waals surface area contributed by atoms with E-state index in [4.69, 9.17) is 14.2 Å². The minimum absolute atomic E-state index is 0.0541. The topological polar surface area (TPSA) is 97.4 Å². The number of aryl methyl sites for hydroxylation is 2. The first kappa shape index (κ1) is 26.4. The van der Waals surface area contributed by atoms with E-state index in [-0.39, 0.29) is 24.0 Å². The lowest BCUT2D eigenvalue weighted by molar-refractivity contribution is 0.0340. The van der Waals surface area contributed by atoms with E-state index in [1.54, 1.807) is 43.3 Å². The fourth-order valence-electron chi connectivity index (χ4n) is 4.61. The van der Waals surface area contributed by atoms with Crippen LogP contribution in [0.2, 0.25) is 0 Å². The van der Waals surface area contributed by atoms with Crippen molar-refractivity contribution in [1.29, 1.82) is 0 Å². The summed E-state index contributed by atoms with van der Waals surface area (Å²) in [6.45, 7) is 6.31. The highest BCUT2D eigenvalue weighted by Crippen LogP contribution is 2.26. The molecule has 4 rings (SSSR count). The molecule has 9 nitrogen and oxygen atoms in total. The van der Waals surface area contributed by atoms with Gasteiger partial charge < -0.3 is 19.1 Å². The number of hydrogen-bond acceptors (Lipinski definition) is 6. The molecule has 3 unspecified atom stereocenters. The first-order valence-electron chi connectivity index (χ1n) is 12.1. The number of carbonyl (C=O) groups excluding carboxylic acids is 1. The van der Waals surface area contributed by atoms with Gasteiger partial charge in [-0.1, -0.05) is 23.8 Å². The molecule has 2 aromatic rings. The summed E-state index contributed by atoms with van der Waals surface area (Å²) < 4.78 is 46.7. The Bertz CT molecular complexity index is 1180. The van der Waals surface area contributed by atoms with Gasteiger partial charge in [0, 0.05) is 38.9 Å². The van der Waals surface area contributed by atoms with E-state index in [1.807, 2.05) is 32.0 Å². The van der Waals surface area contributed by atoms with Crippen molar-refractivity contribution in [2.75, 3.05) is 51.7 Å². The van der Waals surface area contributed by atoms with E-state index in [2.05, 4.69) is 4.72 Å². The van der Waals surface area contributed by atoms with Crippen molar-refractivity contribution in [3.05, 3.63) is 59.2 Å². The van der Waals surface area contributed by atoms with Gasteiger partial charge in [-0.2, -0.15) is 12.7 Å². The second-order valence-corrected chi connectivity index (χ2v) is 11.4. The average Bonchev–Trinajstić information content (AvgIpc) is 3.50. The van der Waals surface area contributed by atoms with Crippen molar-refractivity contribution in [1.82, 2.24) is 9.21 Å². The number of anilines is 1. The van der Waals surface area contributed by atoms with Crippen LogP contribution in [0.25, 0.3) is 0 Å². The molecule has 2 saturated heterocycles. The zero-order valence-electron chi connectivity index (χ0n) is 21.3. The molecule has 2 fully saturated rings. The molecule has 2 heterocycles. The largest absolute Gasteiger partial charge is 0.486 e. The predicted molar refractivity (Wildman–Crippen MR) is 138 cm³/mol. The first-order valence-corrected chi connectivity index (χ1v) is 13.6. The zero-order chi connectivity index (χ0) is 25.9. The van der Waals surface area contributed by atoms with Crippen LogP contribution in [0.15, 0.2) is 42.5 Å². The monoisotopic (exact) mass is 517 g/mol. The lowest BCUT2D eigenvalue weighted by atomic mass is 10.0. The summed E-state index contributed by atoms with van der Waals surface area (Å²) in [7, 11) is -0.564. The van der Waals surface area contributed by atoms with Crippen molar-refractivity contribution in [2.45, 2.75) is 32.5 Å². The number of nitrogens with zero attached hydrogens (tertiary/aromatic N) is 2. The number of rotatable bonds is 9. The summed E-state index contributed by atoms with van der Waals surface area (Å²) in [5, 5.41) is 0. The van der Waals surface area contributed by atoms with Gasteiger partial charge in [-0.25, -0.2) is 0 Å². The van der Waals surface area contributed by atoms with Gasteiger partial charge in [0.2, 0.25) is 0 Å². The molecule has 36 heavy (non-hydrogen) atoms. The lowest BCUT2D eigenvalue weighted by Gasteiger charge is -2.22. The van der Waals surface area contributed by atoms with Crippen LogP contribution in [-0.2, 0) is 19.7 Å². The average molecular weight is 518 g/mol. The van der Waals surface area contributed by atoms with Gasteiger partial charge in [-0.15, -0.1) is 0 Å². The van der Waals surface area contributed by atoms with Crippen molar-refractivity contribution in [2.24, 2.45) is 5.92 Å². The van der Waals surface area contributed by atoms with Gasteiger partial charge in [-0.05, 0) is 49.9 Å². The number of carbonyl (C=O) groups is 1. The molecule has 0 bridgehead atoms. The molecular weight excluding hydrogens is 482 g/mol. The molecule has 2 aliphatic rings. The minimum atomic E-state index is -3.72. The zero-order valence-corrected chi connectivity index (χ0v) is 22.1. The van der Waals surface area contributed by atoms with Crippen LogP contribution in [0.1, 0.15) is 27.9 Å². The lowest BCUT2D eigenvalue weighted by Crippen LogP contribution is -2.36. The third-order valence-corrected chi connectivity index (χ3v) is 8.21. The number of likely N-dealkylation sites (tertiary alicyclic amines) is 1. The standard InChI is InChI=1S/C26H35N3O6S/c1-18-8-9-19(2)23(12-18)26(30)29-15-24(33-4)25(16-29)35-22-7-5-6-21(13-22)27-36(31,32)28(3)14-20-10-11-34-17-20/h5-9,12-13,20,24-25,27H,10-11,14-17H2,1-4H3.